The second-order valence-corrected chi connectivity index (χ2v) is 8.65. The summed E-state index contributed by atoms with van der Waals surface area (Å²) in [6.45, 7) is 2.30. The van der Waals surface area contributed by atoms with Crippen molar-refractivity contribution in [1.82, 2.24) is 0 Å². The minimum Gasteiger partial charge on any atom is -0.264 e. The van der Waals surface area contributed by atoms with Crippen LogP contribution in [0, 0.1) is 0 Å². The maximum atomic E-state index is 8.74. The van der Waals surface area contributed by atoms with Crippen LogP contribution in [0.15, 0.2) is 0 Å². The molecule has 4 nitrogen and oxygen atoms in total. The van der Waals surface area contributed by atoms with Crippen LogP contribution >= 0.6 is 0 Å². The summed E-state index contributed by atoms with van der Waals surface area (Å²) in [6.07, 6.45) is 23.7. The summed E-state index contributed by atoms with van der Waals surface area (Å²) in [5.74, 6) is 0. The average molecular weight is 375 g/mol. The summed E-state index contributed by atoms with van der Waals surface area (Å²) in [7, 11) is -4.67. The van der Waals surface area contributed by atoms with E-state index in [2.05, 4.69) is 6.92 Å². The summed E-state index contributed by atoms with van der Waals surface area (Å²) < 4.78 is 33.1. The van der Waals surface area contributed by atoms with Crippen LogP contribution in [-0.2, 0) is 10.4 Å². The molecule has 0 aliphatic heterocycles. The first-order valence-corrected chi connectivity index (χ1v) is 12.9. The minimum atomic E-state index is -4.67. The topological polar surface area (TPSA) is 74.6 Å². The first-order chi connectivity index (χ1) is 11.4. The molecule has 0 spiro atoms. The van der Waals surface area contributed by atoms with Gasteiger partial charge in [0.1, 0.15) is 0 Å². The van der Waals surface area contributed by atoms with Crippen LogP contribution in [0.1, 0.15) is 110 Å². The SMILES string of the molecule is CCCCCCCCCCCCCCCCC[CH2][Na].O=S(=O)(O)O. The van der Waals surface area contributed by atoms with Gasteiger partial charge in [0.05, 0.1) is 0 Å². The molecule has 0 atom stereocenters. The van der Waals surface area contributed by atoms with Gasteiger partial charge in [0.25, 0.3) is 0 Å². The van der Waals surface area contributed by atoms with Crippen molar-refractivity contribution in [2.24, 2.45) is 0 Å². The van der Waals surface area contributed by atoms with E-state index in [9.17, 15) is 0 Å². The molecular formula is C18H39NaO4S. The first-order valence-electron chi connectivity index (χ1n) is 10.1. The van der Waals surface area contributed by atoms with Crippen LogP contribution < -0.4 is 0 Å². The third kappa shape index (κ3) is 38.4. The largest absolute Gasteiger partial charge is 0.394 e. The minimum absolute atomic E-state index is 1.38. The Kier molecular flexibility index (Phi) is 24.7. The van der Waals surface area contributed by atoms with Gasteiger partial charge in [-0.1, -0.05) is 39.0 Å². The van der Waals surface area contributed by atoms with Crippen molar-refractivity contribution in [2.45, 2.75) is 113 Å². The van der Waals surface area contributed by atoms with Crippen LogP contribution in [0.25, 0.3) is 0 Å². The van der Waals surface area contributed by atoms with Crippen molar-refractivity contribution >= 4 is 38.3 Å². The summed E-state index contributed by atoms with van der Waals surface area (Å²) >= 11 is 1.41. The number of rotatable bonds is 16. The second-order valence-electron chi connectivity index (χ2n) is 6.75. The van der Waals surface area contributed by atoms with Gasteiger partial charge in [-0.2, -0.15) is 8.42 Å². The van der Waals surface area contributed by atoms with Crippen LogP contribution in [0.5, 0.6) is 0 Å². The second kappa shape index (κ2) is 21.9. The molecule has 0 aliphatic carbocycles. The van der Waals surface area contributed by atoms with Crippen molar-refractivity contribution in [3.63, 3.8) is 0 Å². The Hall–Kier alpha value is 0.870. The van der Waals surface area contributed by atoms with Gasteiger partial charge in [-0.3, -0.25) is 9.11 Å². The van der Waals surface area contributed by atoms with Gasteiger partial charge >= 0.3 is 113 Å². The maximum absolute atomic E-state index is 8.74. The molecule has 0 rings (SSSR count). The Morgan fingerprint density at radius 2 is 0.792 bits per heavy atom. The quantitative estimate of drug-likeness (QED) is 0.192. The molecule has 0 fully saturated rings. The van der Waals surface area contributed by atoms with Gasteiger partial charge in [-0.05, 0) is 0 Å². The number of hydrogen-bond donors (Lipinski definition) is 2. The molecule has 0 unspecified atom stereocenters. The molecule has 0 heterocycles. The van der Waals surface area contributed by atoms with Crippen molar-refractivity contribution in [3.8, 4) is 0 Å². The summed E-state index contributed by atoms with van der Waals surface area (Å²) in [6, 6.07) is 0. The molecule has 2 N–H and O–H groups in total. The molecule has 0 aromatic carbocycles. The molecule has 0 saturated carbocycles. The van der Waals surface area contributed by atoms with Gasteiger partial charge in [-0.15, -0.1) is 0 Å². The van der Waals surface area contributed by atoms with E-state index in [1.54, 1.807) is 0 Å². The van der Waals surface area contributed by atoms with Gasteiger partial charge in [0.2, 0.25) is 0 Å². The van der Waals surface area contributed by atoms with Crippen molar-refractivity contribution in [3.05, 3.63) is 0 Å². The van der Waals surface area contributed by atoms with Crippen molar-refractivity contribution < 1.29 is 17.5 Å². The van der Waals surface area contributed by atoms with E-state index in [-0.39, 0.29) is 0 Å². The van der Waals surface area contributed by atoms with E-state index in [1.807, 2.05) is 0 Å². The predicted molar refractivity (Wildman–Crippen MR) is 104 cm³/mol. The van der Waals surface area contributed by atoms with E-state index in [4.69, 9.17) is 17.5 Å². The van der Waals surface area contributed by atoms with Crippen LogP contribution in [0.2, 0.25) is 3.67 Å². The van der Waals surface area contributed by atoms with Gasteiger partial charge in [0, 0.05) is 0 Å². The average Bonchev–Trinajstić information content (AvgIpc) is 2.49. The standard InChI is InChI=1S/C18H37.Na.H2O4S/c1-3-5-7-9-11-13-15-17-18-16-14-12-10-8-6-4-2;;1-5(2,3)4/h1,3-18H2,2H3;;(H2,1,2,3,4). The zero-order valence-corrected chi connectivity index (χ0v) is 19.0. The van der Waals surface area contributed by atoms with Gasteiger partial charge < -0.3 is 0 Å². The molecular weight excluding hydrogens is 335 g/mol. The predicted octanol–water partition coefficient (Wildman–Crippen LogP) is 6.18. The van der Waals surface area contributed by atoms with E-state index in [0.29, 0.717) is 0 Å². The maximum Gasteiger partial charge on any atom is 0.394 e. The van der Waals surface area contributed by atoms with Crippen molar-refractivity contribution in [2.75, 3.05) is 0 Å². The molecule has 0 saturated heterocycles. The molecule has 142 valence electrons. The summed E-state index contributed by atoms with van der Waals surface area (Å²) in [5, 5.41) is 0. The molecule has 0 aromatic rings. The molecule has 0 amide bonds. The van der Waals surface area contributed by atoms with E-state index >= 15 is 0 Å². The smallest absolute Gasteiger partial charge is 0.264 e. The van der Waals surface area contributed by atoms with Crippen LogP contribution in [0.3, 0.4) is 0 Å². The summed E-state index contributed by atoms with van der Waals surface area (Å²) in [5.41, 5.74) is 0. The van der Waals surface area contributed by atoms with Gasteiger partial charge in [0.15, 0.2) is 0 Å². The Labute approximate surface area is 168 Å². The fourth-order valence-electron chi connectivity index (χ4n) is 2.80. The van der Waals surface area contributed by atoms with E-state index in [0.717, 1.165) is 0 Å². The van der Waals surface area contributed by atoms with Crippen LogP contribution in [0.4, 0.5) is 0 Å². The Balaban J connectivity index is 0. The Bertz CT molecular complexity index is 297. The zero-order chi connectivity index (χ0) is 18.5. The van der Waals surface area contributed by atoms with E-state index < -0.39 is 10.4 Å². The number of unbranched alkanes of at least 4 members (excludes halogenated alkanes) is 15. The molecule has 0 radical (unpaired) electrons. The fourth-order valence-corrected chi connectivity index (χ4v) is 3.30. The zero-order valence-electron chi connectivity index (χ0n) is 16.1. The monoisotopic (exact) mass is 374 g/mol. The summed E-state index contributed by atoms with van der Waals surface area (Å²) in [4.78, 5) is 0. The molecule has 24 heavy (non-hydrogen) atoms. The third-order valence-corrected chi connectivity index (χ3v) is 4.91. The number of hydrogen-bond acceptors (Lipinski definition) is 2. The normalized spacial score (nSPS) is 11.2. The molecule has 0 aromatic heterocycles. The Morgan fingerprint density at radius 3 is 1.00 bits per heavy atom. The Morgan fingerprint density at radius 1 is 0.583 bits per heavy atom. The first kappa shape index (κ1) is 27.1. The van der Waals surface area contributed by atoms with Crippen LogP contribution in [-0.4, -0.2) is 45.5 Å². The molecule has 0 aliphatic rings. The molecule has 0 bridgehead atoms. The van der Waals surface area contributed by atoms with Gasteiger partial charge in [-0.25, -0.2) is 0 Å². The third-order valence-electron chi connectivity index (χ3n) is 4.21. The van der Waals surface area contributed by atoms with E-state index in [1.165, 1.54) is 134 Å². The molecule has 6 heteroatoms. The van der Waals surface area contributed by atoms with Crippen molar-refractivity contribution in [1.29, 1.82) is 0 Å². The fraction of sp³-hybridized carbons (Fsp3) is 1.00.